The molecule has 2 aromatic rings. The van der Waals surface area contributed by atoms with E-state index in [9.17, 15) is 0 Å². The molecular weight excluding hydrogens is 270 g/mol. The topological polar surface area (TPSA) is 75.8 Å². The number of nitriles is 1. The van der Waals surface area contributed by atoms with Gasteiger partial charge in [0.25, 0.3) is 0 Å². The summed E-state index contributed by atoms with van der Waals surface area (Å²) in [6, 6.07) is 17.6. The average molecular weight is 291 g/mol. The van der Waals surface area contributed by atoms with Gasteiger partial charge in [-0.25, -0.2) is 0 Å². The summed E-state index contributed by atoms with van der Waals surface area (Å²) >= 11 is 0. The first kappa shape index (κ1) is 14.6. The lowest BCUT2D eigenvalue weighted by molar-refractivity contribution is 0.455. The number of nitrogens with two attached hydrogens (primary N) is 2. The van der Waals surface area contributed by atoms with Crippen molar-refractivity contribution in [1.82, 2.24) is 0 Å². The van der Waals surface area contributed by atoms with E-state index in [0.29, 0.717) is 5.56 Å². The second-order valence-electron chi connectivity index (χ2n) is 6.27. The van der Waals surface area contributed by atoms with E-state index in [2.05, 4.69) is 6.07 Å². The Morgan fingerprint density at radius 3 is 2.41 bits per heavy atom. The van der Waals surface area contributed by atoms with Gasteiger partial charge < -0.3 is 11.5 Å². The van der Waals surface area contributed by atoms with Gasteiger partial charge in [-0.1, -0.05) is 37.1 Å². The first-order valence-corrected chi connectivity index (χ1v) is 7.77. The molecule has 0 bridgehead atoms. The normalized spacial score (nSPS) is 16.7. The summed E-state index contributed by atoms with van der Waals surface area (Å²) in [7, 11) is 0. The van der Waals surface area contributed by atoms with Crippen molar-refractivity contribution in [2.75, 3.05) is 5.73 Å². The molecule has 0 amide bonds. The molecule has 3 rings (SSSR count). The Balaban J connectivity index is 2.02. The van der Waals surface area contributed by atoms with Gasteiger partial charge in [0, 0.05) is 5.69 Å². The molecule has 3 nitrogen and oxygen atoms in total. The Kier molecular flexibility index (Phi) is 3.87. The molecule has 4 N–H and O–H groups in total. The number of nitrogen functional groups attached to an aromatic ring is 1. The van der Waals surface area contributed by atoms with Crippen molar-refractivity contribution in [2.24, 2.45) is 11.7 Å². The van der Waals surface area contributed by atoms with E-state index in [1.54, 1.807) is 0 Å². The van der Waals surface area contributed by atoms with Crippen LogP contribution in [0, 0.1) is 17.2 Å². The van der Waals surface area contributed by atoms with Gasteiger partial charge in [0.2, 0.25) is 0 Å². The van der Waals surface area contributed by atoms with Crippen molar-refractivity contribution in [2.45, 2.75) is 31.2 Å². The van der Waals surface area contributed by atoms with Crippen LogP contribution in [0.15, 0.2) is 48.5 Å². The molecule has 1 aliphatic carbocycles. The monoisotopic (exact) mass is 291 g/mol. The molecule has 0 spiro atoms. The summed E-state index contributed by atoms with van der Waals surface area (Å²) in [5, 5.41) is 9.16. The number of rotatable bonds is 5. The summed E-state index contributed by atoms with van der Waals surface area (Å²) in [6.45, 7) is 0. The fourth-order valence-electron chi connectivity index (χ4n) is 2.98. The molecule has 1 saturated carbocycles. The SMILES string of the molecule is N#Cc1cccc(C(N)(CCC2CC2)c2cccc(N)c2)c1. The Morgan fingerprint density at radius 1 is 1.09 bits per heavy atom. The molecule has 0 aromatic heterocycles. The third kappa shape index (κ3) is 2.98. The van der Waals surface area contributed by atoms with Crippen LogP contribution in [0.4, 0.5) is 5.69 Å². The maximum absolute atomic E-state index is 9.16. The highest BCUT2D eigenvalue weighted by atomic mass is 14.7. The zero-order chi connectivity index (χ0) is 15.6. The number of benzene rings is 2. The molecular formula is C19H21N3. The smallest absolute Gasteiger partial charge is 0.0991 e. The van der Waals surface area contributed by atoms with Crippen LogP contribution < -0.4 is 11.5 Å². The molecule has 1 unspecified atom stereocenters. The first-order chi connectivity index (χ1) is 10.6. The average Bonchev–Trinajstić information content (AvgIpc) is 3.37. The molecule has 1 atom stereocenters. The number of hydrogen-bond acceptors (Lipinski definition) is 3. The number of nitrogens with zero attached hydrogens (tertiary/aromatic N) is 1. The van der Waals surface area contributed by atoms with Crippen LogP contribution in [0.5, 0.6) is 0 Å². The number of anilines is 1. The Bertz CT molecular complexity index is 713. The lowest BCUT2D eigenvalue weighted by atomic mass is 9.79. The van der Waals surface area contributed by atoms with E-state index in [4.69, 9.17) is 16.7 Å². The van der Waals surface area contributed by atoms with Crippen molar-refractivity contribution in [1.29, 1.82) is 5.26 Å². The summed E-state index contributed by atoms with van der Waals surface area (Å²) in [5.41, 5.74) is 15.6. The fourth-order valence-corrected chi connectivity index (χ4v) is 2.98. The third-order valence-electron chi connectivity index (χ3n) is 4.55. The van der Waals surface area contributed by atoms with Gasteiger partial charge in [-0.05, 0) is 54.2 Å². The number of hydrogen-bond donors (Lipinski definition) is 2. The maximum atomic E-state index is 9.16. The fraction of sp³-hybridized carbons (Fsp3) is 0.316. The third-order valence-corrected chi connectivity index (χ3v) is 4.55. The van der Waals surface area contributed by atoms with Crippen LogP contribution >= 0.6 is 0 Å². The van der Waals surface area contributed by atoms with Gasteiger partial charge in [0.1, 0.15) is 0 Å². The lowest BCUT2D eigenvalue weighted by Crippen LogP contribution is -2.38. The summed E-state index contributed by atoms with van der Waals surface area (Å²) < 4.78 is 0. The Morgan fingerprint density at radius 2 is 1.77 bits per heavy atom. The second-order valence-corrected chi connectivity index (χ2v) is 6.27. The first-order valence-electron chi connectivity index (χ1n) is 7.77. The van der Waals surface area contributed by atoms with Gasteiger partial charge in [-0.3, -0.25) is 0 Å². The van der Waals surface area contributed by atoms with Gasteiger partial charge in [-0.2, -0.15) is 5.26 Å². The highest BCUT2D eigenvalue weighted by Crippen LogP contribution is 2.40. The van der Waals surface area contributed by atoms with Crippen molar-refractivity contribution >= 4 is 5.69 Å². The van der Waals surface area contributed by atoms with Crippen LogP contribution in [-0.2, 0) is 5.54 Å². The molecule has 0 heterocycles. The van der Waals surface area contributed by atoms with Crippen LogP contribution in [0.1, 0.15) is 42.4 Å². The molecule has 2 aromatic carbocycles. The molecule has 112 valence electrons. The van der Waals surface area contributed by atoms with Crippen LogP contribution in [0.3, 0.4) is 0 Å². The van der Waals surface area contributed by atoms with Crippen LogP contribution in [0.25, 0.3) is 0 Å². The predicted molar refractivity (Wildman–Crippen MR) is 88.9 cm³/mol. The molecule has 0 radical (unpaired) electrons. The maximum Gasteiger partial charge on any atom is 0.0991 e. The minimum atomic E-state index is -0.592. The summed E-state index contributed by atoms with van der Waals surface area (Å²) in [6.07, 6.45) is 4.61. The molecule has 22 heavy (non-hydrogen) atoms. The van der Waals surface area contributed by atoms with Gasteiger partial charge >= 0.3 is 0 Å². The van der Waals surface area contributed by atoms with Crippen molar-refractivity contribution in [3.8, 4) is 6.07 Å². The van der Waals surface area contributed by atoms with Gasteiger partial charge in [0.15, 0.2) is 0 Å². The summed E-state index contributed by atoms with van der Waals surface area (Å²) in [5.74, 6) is 0.808. The summed E-state index contributed by atoms with van der Waals surface area (Å²) in [4.78, 5) is 0. The zero-order valence-electron chi connectivity index (χ0n) is 12.6. The van der Waals surface area contributed by atoms with Crippen molar-refractivity contribution in [3.63, 3.8) is 0 Å². The minimum absolute atomic E-state index is 0.592. The highest BCUT2D eigenvalue weighted by molar-refractivity contribution is 5.48. The quantitative estimate of drug-likeness (QED) is 0.827. The van der Waals surface area contributed by atoms with E-state index in [-0.39, 0.29) is 0 Å². The van der Waals surface area contributed by atoms with E-state index in [1.165, 1.54) is 12.8 Å². The van der Waals surface area contributed by atoms with Crippen LogP contribution in [-0.4, -0.2) is 0 Å². The molecule has 3 heteroatoms. The van der Waals surface area contributed by atoms with Crippen molar-refractivity contribution < 1.29 is 0 Å². The predicted octanol–water partition coefficient (Wildman–Crippen LogP) is 3.53. The minimum Gasteiger partial charge on any atom is -0.399 e. The largest absolute Gasteiger partial charge is 0.399 e. The van der Waals surface area contributed by atoms with E-state index < -0.39 is 5.54 Å². The van der Waals surface area contributed by atoms with Gasteiger partial charge in [0.05, 0.1) is 17.2 Å². The van der Waals surface area contributed by atoms with E-state index >= 15 is 0 Å². The van der Waals surface area contributed by atoms with E-state index in [1.807, 2.05) is 48.5 Å². The Hall–Kier alpha value is -2.31. The Labute approximate surface area is 131 Å². The second kappa shape index (κ2) is 5.82. The molecule has 0 saturated heterocycles. The lowest BCUT2D eigenvalue weighted by Gasteiger charge is -2.31. The molecule has 1 aliphatic rings. The zero-order valence-corrected chi connectivity index (χ0v) is 12.6. The van der Waals surface area contributed by atoms with Gasteiger partial charge in [-0.15, -0.1) is 0 Å². The molecule has 0 aliphatic heterocycles. The highest BCUT2D eigenvalue weighted by Gasteiger charge is 2.33. The van der Waals surface area contributed by atoms with Crippen molar-refractivity contribution in [3.05, 3.63) is 65.2 Å². The molecule has 1 fully saturated rings. The van der Waals surface area contributed by atoms with E-state index in [0.717, 1.165) is 35.6 Å². The van der Waals surface area contributed by atoms with Crippen LogP contribution in [0.2, 0.25) is 0 Å². The standard InChI is InChI=1S/C19H21N3/c20-13-15-3-1-4-16(11-15)19(22,10-9-14-7-8-14)17-5-2-6-18(21)12-17/h1-6,11-12,14H,7-10,21-22H2.